The predicted molar refractivity (Wildman–Crippen MR) is 181 cm³/mol. The summed E-state index contributed by atoms with van der Waals surface area (Å²) in [6.07, 6.45) is 0. The van der Waals surface area contributed by atoms with Gasteiger partial charge in [0.2, 0.25) is 0 Å². The van der Waals surface area contributed by atoms with Gasteiger partial charge in [0.05, 0.1) is 16.8 Å². The van der Waals surface area contributed by atoms with Gasteiger partial charge in [0.15, 0.2) is 5.82 Å². The molecule has 7 aromatic rings. The van der Waals surface area contributed by atoms with E-state index >= 15 is 0 Å². The first-order valence-corrected chi connectivity index (χ1v) is 15.4. The molecule has 1 aromatic heterocycles. The third-order valence-electron chi connectivity index (χ3n) is 9.04. The van der Waals surface area contributed by atoms with E-state index in [1.54, 1.807) is 0 Å². The summed E-state index contributed by atoms with van der Waals surface area (Å²) in [6.45, 7) is 0. The molecular weight excluding hydrogens is 572 g/mol. The van der Waals surface area contributed by atoms with Crippen molar-refractivity contribution in [1.29, 1.82) is 0 Å². The summed E-state index contributed by atoms with van der Waals surface area (Å²) in [7, 11) is 0. The maximum Gasteiger partial charge on any atom is 0.160 e. The number of ether oxygens (including phenoxy) is 1. The minimum Gasteiger partial charge on any atom is -0.456 e. The highest BCUT2D eigenvalue weighted by Crippen LogP contribution is 2.64. The molecule has 45 heavy (non-hydrogen) atoms. The number of benzene rings is 6. The van der Waals surface area contributed by atoms with Crippen molar-refractivity contribution in [3.05, 3.63) is 179 Å². The molecule has 0 saturated carbocycles. The second kappa shape index (κ2) is 10.0. The quantitative estimate of drug-likeness (QED) is 0.203. The number of rotatable bonds is 3. The van der Waals surface area contributed by atoms with Crippen molar-refractivity contribution in [2.75, 3.05) is 0 Å². The van der Waals surface area contributed by atoms with Gasteiger partial charge in [-0.1, -0.05) is 139 Å². The first kappa shape index (κ1) is 25.9. The zero-order valence-corrected chi connectivity index (χ0v) is 24.9. The number of hydrogen-bond donors (Lipinski definition) is 0. The minimum atomic E-state index is -0.617. The molecule has 6 aromatic carbocycles. The molecule has 1 unspecified atom stereocenters. The Morgan fingerprint density at radius 2 is 1.09 bits per heavy atom. The van der Waals surface area contributed by atoms with Crippen molar-refractivity contribution in [3.8, 4) is 56.5 Å². The minimum absolute atomic E-state index is 0.617. The van der Waals surface area contributed by atoms with Gasteiger partial charge in [-0.15, -0.1) is 0 Å². The van der Waals surface area contributed by atoms with Gasteiger partial charge in [0, 0.05) is 38.4 Å². The zero-order valence-electron chi connectivity index (χ0n) is 24.1. The van der Waals surface area contributed by atoms with E-state index in [1.165, 1.54) is 5.56 Å². The Morgan fingerprint density at radius 1 is 0.489 bits per heavy atom. The van der Waals surface area contributed by atoms with Crippen LogP contribution in [0.4, 0.5) is 0 Å². The Bertz CT molecular complexity index is 2210. The molecule has 0 bridgehead atoms. The average molecular weight is 597 g/mol. The fourth-order valence-corrected chi connectivity index (χ4v) is 7.46. The van der Waals surface area contributed by atoms with Gasteiger partial charge in [-0.05, 0) is 41.0 Å². The molecule has 0 radical (unpaired) electrons. The summed E-state index contributed by atoms with van der Waals surface area (Å²) in [5.41, 5.74) is 10.7. The smallest absolute Gasteiger partial charge is 0.160 e. The van der Waals surface area contributed by atoms with Gasteiger partial charge >= 0.3 is 0 Å². The maximum absolute atomic E-state index is 6.98. The molecule has 212 valence electrons. The lowest BCUT2D eigenvalue weighted by Crippen LogP contribution is -2.32. The van der Waals surface area contributed by atoms with E-state index in [1.807, 2.05) is 60.7 Å². The first-order chi connectivity index (χ1) is 22.2. The molecule has 2 aliphatic rings. The molecule has 2 heterocycles. The van der Waals surface area contributed by atoms with Crippen molar-refractivity contribution < 1.29 is 4.74 Å². The third-order valence-corrected chi connectivity index (χ3v) is 9.36. The highest BCUT2D eigenvalue weighted by atomic mass is 35.5. The fraction of sp³-hybridized carbons (Fsp3) is 0.0244. The van der Waals surface area contributed by atoms with E-state index in [0.29, 0.717) is 5.82 Å². The van der Waals surface area contributed by atoms with Gasteiger partial charge in [-0.2, -0.15) is 0 Å². The van der Waals surface area contributed by atoms with Crippen LogP contribution >= 0.6 is 11.6 Å². The van der Waals surface area contributed by atoms with E-state index < -0.39 is 5.41 Å². The summed E-state index contributed by atoms with van der Waals surface area (Å²) in [4.78, 5) is 10.2. The molecule has 0 saturated heterocycles. The van der Waals surface area contributed by atoms with Crippen LogP contribution in [0.15, 0.2) is 152 Å². The highest BCUT2D eigenvalue weighted by molar-refractivity contribution is 6.34. The van der Waals surface area contributed by atoms with E-state index in [9.17, 15) is 0 Å². The monoisotopic (exact) mass is 596 g/mol. The molecular formula is C41H25ClN2O. The van der Waals surface area contributed by atoms with Gasteiger partial charge in [-0.25, -0.2) is 9.97 Å². The summed E-state index contributed by atoms with van der Waals surface area (Å²) in [5, 5.41) is 0.745. The van der Waals surface area contributed by atoms with Gasteiger partial charge in [0.25, 0.3) is 0 Å². The molecule has 3 nitrogen and oxygen atoms in total. The van der Waals surface area contributed by atoms with Gasteiger partial charge in [0.1, 0.15) is 11.5 Å². The number of halogens is 1. The summed E-state index contributed by atoms with van der Waals surface area (Å²) >= 11 is 6.98. The topological polar surface area (TPSA) is 35.0 Å². The van der Waals surface area contributed by atoms with E-state index in [-0.39, 0.29) is 0 Å². The molecule has 9 rings (SSSR count). The molecule has 1 aliphatic heterocycles. The molecule has 0 fully saturated rings. The average Bonchev–Trinajstić information content (AvgIpc) is 3.40. The Hall–Kier alpha value is -5.51. The predicted octanol–water partition coefficient (Wildman–Crippen LogP) is 10.6. The van der Waals surface area contributed by atoms with E-state index in [2.05, 4.69) is 91.0 Å². The number of hydrogen-bond acceptors (Lipinski definition) is 3. The van der Waals surface area contributed by atoms with Crippen LogP contribution in [0.3, 0.4) is 0 Å². The van der Waals surface area contributed by atoms with Crippen LogP contribution < -0.4 is 4.74 Å². The fourth-order valence-electron chi connectivity index (χ4n) is 7.19. The van der Waals surface area contributed by atoms with Crippen molar-refractivity contribution in [2.45, 2.75) is 5.41 Å². The van der Waals surface area contributed by atoms with Crippen molar-refractivity contribution in [2.24, 2.45) is 0 Å². The van der Waals surface area contributed by atoms with Crippen LogP contribution in [-0.4, -0.2) is 9.97 Å². The van der Waals surface area contributed by atoms with E-state index in [4.69, 9.17) is 26.3 Å². The zero-order chi connectivity index (χ0) is 30.0. The largest absolute Gasteiger partial charge is 0.456 e. The Balaban J connectivity index is 1.36. The molecule has 1 aliphatic carbocycles. The molecule has 1 atom stereocenters. The Labute approximate surface area is 266 Å². The Kier molecular flexibility index (Phi) is 5.77. The lowest BCUT2D eigenvalue weighted by atomic mass is 9.65. The normalized spacial score (nSPS) is 15.5. The van der Waals surface area contributed by atoms with Crippen LogP contribution in [-0.2, 0) is 5.41 Å². The van der Waals surface area contributed by atoms with Gasteiger partial charge in [-0.3, -0.25) is 0 Å². The third kappa shape index (κ3) is 3.78. The molecule has 0 N–H and O–H groups in total. The number of para-hydroxylation sites is 2. The van der Waals surface area contributed by atoms with Gasteiger partial charge < -0.3 is 4.74 Å². The van der Waals surface area contributed by atoms with Crippen molar-refractivity contribution in [3.63, 3.8) is 0 Å². The second-order valence-electron chi connectivity index (χ2n) is 11.4. The summed E-state index contributed by atoms with van der Waals surface area (Å²) < 4.78 is 6.91. The van der Waals surface area contributed by atoms with Crippen LogP contribution in [0, 0.1) is 0 Å². The van der Waals surface area contributed by atoms with Crippen molar-refractivity contribution in [1.82, 2.24) is 9.97 Å². The van der Waals surface area contributed by atoms with Crippen molar-refractivity contribution >= 4 is 11.6 Å². The Morgan fingerprint density at radius 3 is 1.91 bits per heavy atom. The SMILES string of the molecule is Clc1cccc2c1-c1ccccc1C21c2ccccc2Oc2c(-c3cc(-c4ccccc4)nc(-c4ccccc4)n3)cccc21. The molecule has 0 amide bonds. The summed E-state index contributed by atoms with van der Waals surface area (Å²) in [6, 6.07) is 52.1. The van der Waals surface area contributed by atoms with E-state index in [0.717, 1.165) is 72.4 Å². The summed E-state index contributed by atoms with van der Waals surface area (Å²) in [5.74, 6) is 2.27. The van der Waals surface area contributed by atoms with Crippen LogP contribution in [0.2, 0.25) is 5.02 Å². The molecule has 4 heteroatoms. The van der Waals surface area contributed by atoms with Crippen LogP contribution in [0.1, 0.15) is 22.3 Å². The maximum atomic E-state index is 6.98. The lowest BCUT2D eigenvalue weighted by Gasteiger charge is -2.40. The second-order valence-corrected chi connectivity index (χ2v) is 11.8. The molecule has 1 spiro atoms. The number of fused-ring (bicyclic) bond motifs is 9. The van der Waals surface area contributed by atoms with Crippen LogP contribution in [0.5, 0.6) is 11.5 Å². The highest BCUT2D eigenvalue weighted by Gasteiger charge is 2.52. The first-order valence-electron chi connectivity index (χ1n) is 15.0. The number of nitrogens with zero attached hydrogens (tertiary/aromatic N) is 2. The number of aromatic nitrogens is 2. The van der Waals surface area contributed by atoms with Crippen LogP contribution in [0.25, 0.3) is 45.0 Å². The standard InChI is InChI=1S/C41H25ClN2O/c42-34-23-12-21-32-38(34)28-17-7-8-19-30(28)41(32)31-20-9-10-24-37(31)45-39-29(18-11-22-33(39)41)36-25-35(26-13-3-1-4-14-26)43-40(44-36)27-15-5-2-6-16-27/h1-25H. The lowest BCUT2D eigenvalue weighted by molar-refractivity contribution is 0.438.